The van der Waals surface area contributed by atoms with E-state index in [0.717, 1.165) is 57.2 Å². The van der Waals surface area contributed by atoms with Gasteiger partial charge in [0.25, 0.3) is 0 Å². The van der Waals surface area contributed by atoms with Crippen molar-refractivity contribution >= 4 is 39.1 Å². The first-order chi connectivity index (χ1) is 13.5. The van der Waals surface area contributed by atoms with E-state index in [1.807, 2.05) is 19.1 Å². The number of carbonyl (C=O) groups excluding carboxylic acids is 1. The average Bonchev–Trinajstić information content (AvgIpc) is 3.21. The standard InChI is InChI=1S/C21H23N3O4/c1-5-7-16-24-19-15(27-16)9-8-13-18(19)17-12(6-2)20(22-10-14(17)23-13)28-21(25)26-11(3)4/h8-11,23H,5-7H2,1-4H3. The zero-order chi connectivity index (χ0) is 19.8. The highest BCUT2D eigenvalue weighted by atomic mass is 16.7. The van der Waals surface area contributed by atoms with Crippen molar-refractivity contribution in [2.24, 2.45) is 0 Å². The van der Waals surface area contributed by atoms with Gasteiger partial charge >= 0.3 is 6.16 Å². The topological polar surface area (TPSA) is 90.2 Å². The molecule has 0 aliphatic carbocycles. The number of aromatic amines is 1. The van der Waals surface area contributed by atoms with E-state index in [1.165, 1.54) is 0 Å². The number of nitrogens with zero attached hydrogens (tertiary/aromatic N) is 2. The van der Waals surface area contributed by atoms with Gasteiger partial charge in [0, 0.05) is 28.3 Å². The third-order valence-corrected chi connectivity index (χ3v) is 4.59. The molecule has 4 rings (SSSR count). The average molecular weight is 381 g/mol. The lowest BCUT2D eigenvalue weighted by Gasteiger charge is -2.11. The molecule has 0 aliphatic heterocycles. The van der Waals surface area contributed by atoms with E-state index < -0.39 is 6.16 Å². The summed E-state index contributed by atoms with van der Waals surface area (Å²) in [6, 6.07) is 3.90. The van der Waals surface area contributed by atoms with Gasteiger partial charge in [0.05, 0.1) is 17.8 Å². The predicted molar refractivity (Wildman–Crippen MR) is 107 cm³/mol. The van der Waals surface area contributed by atoms with Crippen LogP contribution in [0.1, 0.15) is 45.6 Å². The molecule has 0 radical (unpaired) electrons. The number of benzene rings is 1. The largest absolute Gasteiger partial charge is 0.515 e. The summed E-state index contributed by atoms with van der Waals surface area (Å²) in [6.45, 7) is 7.64. The van der Waals surface area contributed by atoms with Crippen LogP contribution in [-0.2, 0) is 17.6 Å². The van der Waals surface area contributed by atoms with Crippen LogP contribution in [0, 0.1) is 0 Å². The first-order valence-corrected chi connectivity index (χ1v) is 9.61. The lowest BCUT2D eigenvalue weighted by atomic mass is 10.1. The van der Waals surface area contributed by atoms with Gasteiger partial charge in [-0.25, -0.2) is 14.8 Å². The molecule has 1 aromatic carbocycles. The summed E-state index contributed by atoms with van der Waals surface area (Å²) in [5, 5.41) is 1.90. The molecule has 7 nitrogen and oxygen atoms in total. The third-order valence-electron chi connectivity index (χ3n) is 4.59. The van der Waals surface area contributed by atoms with Crippen molar-refractivity contribution in [3.8, 4) is 5.88 Å². The quantitative estimate of drug-likeness (QED) is 0.472. The Balaban J connectivity index is 1.94. The van der Waals surface area contributed by atoms with Crippen LogP contribution in [0.25, 0.3) is 32.9 Å². The van der Waals surface area contributed by atoms with Gasteiger partial charge < -0.3 is 18.9 Å². The van der Waals surface area contributed by atoms with E-state index in [1.54, 1.807) is 20.0 Å². The van der Waals surface area contributed by atoms with Crippen LogP contribution in [0.2, 0.25) is 0 Å². The smallest absolute Gasteiger partial charge is 0.441 e. The molecule has 1 N–H and O–H groups in total. The summed E-state index contributed by atoms with van der Waals surface area (Å²) in [7, 11) is 0. The highest BCUT2D eigenvalue weighted by Gasteiger charge is 2.20. The van der Waals surface area contributed by atoms with Gasteiger partial charge in [0.2, 0.25) is 5.88 Å². The Morgan fingerprint density at radius 2 is 2.04 bits per heavy atom. The number of hydrogen-bond acceptors (Lipinski definition) is 6. The Labute approximate surface area is 162 Å². The van der Waals surface area contributed by atoms with Crippen LogP contribution in [0.4, 0.5) is 4.79 Å². The molecule has 28 heavy (non-hydrogen) atoms. The zero-order valence-corrected chi connectivity index (χ0v) is 16.5. The zero-order valence-electron chi connectivity index (χ0n) is 16.5. The molecule has 0 unspecified atom stereocenters. The van der Waals surface area contributed by atoms with Gasteiger partial charge in [-0.2, -0.15) is 0 Å². The number of aromatic nitrogens is 3. The molecular formula is C21H23N3O4. The van der Waals surface area contributed by atoms with Crippen molar-refractivity contribution in [1.29, 1.82) is 0 Å². The molecule has 3 aromatic heterocycles. The normalized spacial score (nSPS) is 11.8. The maximum absolute atomic E-state index is 12.0. The van der Waals surface area contributed by atoms with Crippen molar-refractivity contribution in [3.63, 3.8) is 0 Å². The van der Waals surface area contributed by atoms with E-state index >= 15 is 0 Å². The van der Waals surface area contributed by atoms with E-state index in [-0.39, 0.29) is 12.0 Å². The van der Waals surface area contributed by atoms with E-state index in [4.69, 9.17) is 18.9 Å². The van der Waals surface area contributed by atoms with Crippen LogP contribution in [-0.4, -0.2) is 27.2 Å². The summed E-state index contributed by atoms with van der Waals surface area (Å²) >= 11 is 0. The fraction of sp³-hybridized carbons (Fsp3) is 0.381. The van der Waals surface area contributed by atoms with Gasteiger partial charge in [0.15, 0.2) is 11.5 Å². The second-order valence-electron chi connectivity index (χ2n) is 7.02. The summed E-state index contributed by atoms with van der Waals surface area (Å²) in [5.74, 6) is 0.985. The van der Waals surface area contributed by atoms with E-state index in [0.29, 0.717) is 6.42 Å². The first-order valence-electron chi connectivity index (χ1n) is 9.61. The monoisotopic (exact) mass is 381 g/mol. The van der Waals surface area contributed by atoms with Crippen molar-refractivity contribution < 1.29 is 18.7 Å². The van der Waals surface area contributed by atoms with Crippen LogP contribution in [0.15, 0.2) is 22.7 Å². The molecule has 0 saturated carbocycles. The molecule has 0 amide bonds. The van der Waals surface area contributed by atoms with Gasteiger partial charge in [-0.05, 0) is 38.8 Å². The summed E-state index contributed by atoms with van der Waals surface area (Å²) < 4.78 is 16.4. The third kappa shape index (κ3) is 3.06. The Morgan fingerprint density at radius 3 is 2.75 bits per heavy atom. The molecule has 0 fully saturated rings. The number of pyridine rings is 1. The number of carbonyl (C=O) groups is 1. The SMILES string of the molecule is CCCc1nc2c(ccc3[nH]c4cnc(OC(=O)OC(C)C)c(CC)c4c32)o1. The molecule has 7 heteroatoms. The number of ether oxygens (including phenoxy) is 2. The maximum atomic E-state index is 12.0. The number of nitrogens with one attached hydrogen (secondary N) is 1. The summed E-state index contributed by atoms with van der Waals surface area (Å²) in [6.07, 6.45) is 3.04. The number of oxazole rings is 1. The first kappa shape index (κ1) is 18.3. The molecule has 0 aliphatic rings. The van der Waals surface area contributed by atoms with Crippen LogP contribution < -0.4 is 4.74 Å². The van der Waals surface area contributed by atoms with Crippen molar-refractivity contribution in [2.45, 2.75) is 53.1 Å². The van der Waals surface area contributed by atoms with E-state index in [2.05, 4.69) is 16.9 Å². The van der Waals surface area contributed by atoms with E-state index in [9.17, 15) is 4.79 Å². The molecule has 0 saturated heterocycles. The van der Waals surface area contributed by atoms with Gasteiger partial charge in [-0.15, -0.1) is 0 Å². The second-order valence-corrected chi connectivity index (χ2v) is 7.02. The molecular weight excluding hydrogens is 358 g/mol. The van der Waals surface area contributed by atoms with Crippen LogP contribution in [0.3, 0.4) is 0 Å². The Kier molecular flexibility index (Phi) is 4.66. The Hall–Kier alpha value is -3.09. The summed E-state index contributed by atoms with van der Waals surface area (Å²) in [4.78, 5) is 24.4. The lowest BCUT2D eigenvalue weighted by Crippen LogP contribution is -2.17. The lowest BCUT2D eigenvalue weighted by molar-refractivity contribution is 0.0713. The molecule has 146 valence electrons. The number of H-pyrrole nitrogens is 1. The Morgan fingerprint density at radius 1 is 1.21 bits per heavy atom. The maximum Gasteiger partial charge on any atom is 0.515 e. The molecule has 0 bridgehead atoms. The highest BCUT2D eigenvalue weighted by molar-refractivity contribution is 6.19. The van der Waals surface area contributed by atoms with Gasteiger partial charge in [-0.1, -0.05) is 13.8 Å². The summed E-state index contributed by atoms with van der Waals surface area (Å²) in [5.41, 5.74) is 4.19. The molecule has 0 spiro atoms. The highest BCUT2D eigenvalue weighted by Crippen LogP contribution is 2.37. The molecule has 4 aromatic rings. The minimum atomic E-state index is -0.756. The number of rotatable bonds is 5. The fourth-order valence-corrected chi connectivity index (χ4v) is 3.49. The number of aryl methyl sites for hydroxylation is 2. The molecule has 3 heterocycles. The number of hydrogen-bond donors (Lipinski definition) is 1. The minimum absolute atomic E-state index is 0.260. The van der Waals surface area contributed by atoms with Crippen molar-refractivity contribution in [1.82, 2.24) is 15.0 Å². The Bertz CT molecular complexity index is 1170. The van der Waals surface area contributed by atoms with Gasteiger partial charge in [-0.3, -0.25) is 0 Å². The van der Waals surface area contributed by atoms with Crippen LogP contribution in [0.5, 0.6) is 5.88 Å². The van der Waals surface area contributed by atoms with Crippen molar-refractivity contribution in [3.05, 3.63) is 29.8 Å². The second kappa shape index (κ2) is 7.14. The predicted octanol–water partition coefficient (Wildman–Crippen LogP) is 5.30. The number of fused-ring (bicyclic) bond motifs is 5. The van der Waals surface area contributed by atoms with Gasteiger partial charge in [0.1, 0.15) is 5.52 Å². The fourth-order valence-electron chi connectivity index (χ4n) is 3.49. The minimum Gasteiger partial charge on any atom is -0.441 e. The molecule has 0 atom stereocenters. The van der Waals surface area contributed by atoms with Crippen molar-refractivity contribution in [2.75, 3.05) is 0 Å². The van der Waals surface area contributed by atoms with Crippen LogP contribution >= 0.6 is 0 Å².